The van der Waals surface area contributed by atoms with Crippen LogP contribution in [0.25, 0.3) is 0 Å². The minimum atomic E-state index is -2.05. The lowest BCUT2D eigenvalue weighted by molar-refractivity contribution is 0.146. The van der Waals surface area contributed by atoms with Crippen LogP contribution in [0.4, 0.5) is 0 Å². The molecular weight excluding hydrogens is 251 g/mol. The average Bonchev–Trinajstić information content (AvgIpc) is 2.59. The van der Waals surface area contributed by atoms with E-state index in [0.29, 0.717) is 16.5 Å². The molecule has 0 N–H and O–H groups in total. The van der Waals surface area contributed by atoms with E-state index in [1.54, 1.807) is 0 Å². The maximum atomic E-state index is 13.8. The summed E-state index contributed by atoms with van der Waals surface area (Å²) in [5.41, 5.74) is 1.47. The lowest BCUT2D eigenvalue weighted by Gasteiger charge is -2.63. The van der Waals surface area contributed by atoms with Gasteiger partial charge in [0.2, 0.25) is 0 Å². The molecule has 0 amide bonds. The summed E-state index contributed by atoms with van der Waals surface area (Å²) in [7, 11) is -2.05. The molecule has 0 aromatic rings. The monoisotopic (exact) mass is 282 g/mol. The zero-order valence-corrected chi connectivity index (χ0v) is 14.7. The second-order valence-corrected chi connectivity index (χ2v) is 13.2. The Morgan fingerprint density at radius 3 is 1.89 bits per heavy atom. The lowest BCUT2D eigenvalue weighted by atomic mass is 9.71. The summed E-state index contributed by atoms with van der Waals surface area (Å²) in [5.74, 6) is 0.813. The first kappa shape index (κ1) is 14.2. The van der Waals surface area contributed by atoms with Gasteiger partial charge in [0, 0.05) is 17.0 Å². The molecule has 3 fully saturated rings. The van der Waals surface area contributed by atoms with Gasteiger partial charge in [-0.3, -0.25) is 0 Å². The summed E-state index contributed by atoms with van der Waals surface area (Å²) in [6.45, 7) is 16.5. The molecule has 110 valence electrons. The molecule has 1 saturated heterocycles. The van der Waals surface area contributed by atoms with Gasteiger partial charge in [-0.05, 0) is 41.4 Å². The van der Waals surface area contributed by atoms with Crippen molar-refractivity contribution in [2.45, 2.75) is 78.5 Å². The molecule has 3 rings (SSSR count). The van der Waals surface area contributed by atoms with Crippen LogP contribution in [0.5, 0.6) is 0 Å². The van der Waals surface area contributed by atoms with Crippen molar-refractivity contribution in [3.05, 3.63) is 0 Å². The number of fused-ring (bicyclic) bond motifs is 2. The fourth-order valence-corrected chi connectivity index (χ4v) is 11.5. The molecule has 1 nitrogen and oxygen atoms in total. The summed E-state index contributed by atoms with van der Waals surface area (Å²) in [6.07, 6.45) is 4.88. The van der Waals surface area contributed by atoms with Crippen molar-refractivity contribution in [3.63, 3.8) is 0 Å². The quantitative estimate of drug-likeness (QED) is 0.590. The first-order chi connectivity index (χ1) is 8.40. The van der Waals surface area contributed by atoms with E-state index in [0.717, 1.165) is 12.1 Å². The van der Waals surface area contributed by atoms with Gasteiger partial charge < -0.3 is 4.57 Å². The SMILES string of the molecule is CC1(C)C[P@](=O)([C@@H]2C[C@@H]3CC[C@@]2(C)C3(C)C)C1(C)C. The maximum absolute atomic E-state index is 13.8. The van der Waals surface area contributed by atoms with Crippen molar-refractivity contribution in [3.8, 4) is 0 Å². The van der Waals surface area contributed by atoms with Gasteiger partial charge in [-0.1, -0.05) is 48.5 Å². The molecule has 0 radical (unpaired) electrons. The highest BCUT2D eigenvalue weighted by Crippen LogP contribution is 2.86. The molecular formula is C17H31OP. The third kappa shape index (κ3) is 1.28. The van der Waals surface area contributed by atoms with Crippen LogP contribution in [0.1, 0.15) is 67.7 Å². The second kappa shape index (κ2) is 3.34. The molecule has 2 aliphatic carbocycles. The van der Waals surface area contributed by atoms with Crippen LogP contribution in [0.2, 0.25) is 0 Å². The zero-order chi connectivity index (χ0) is 14.5. The van der Waals surface area contributed by atoms with E-state index in [4.69, 9.17) is 0 Å². The lowest BCUT2D eigenvalue weighted by Crippen LogP contribution is -2.57. The smallest absolute Gasteiger partial charge is 0.0976 e. The average molecular weight is 282 g/mol. The Balaban J connectivity index is 2.01. The Morgan fingerprint density at radius 1 is 1.00 bits per heavy atom. The minimum absolute atomic E-state index is 0.0359. The van der Waals surface area contributed by atoms with Gasteiger partial charge in [0.25, 0.3) is 0 Å². The van der Waals surface area contributed by atoms with E-state index in [9.17, 15) is 4.57 Å². The molecule has 0 unspecified atom stereocenters. The van der Waals surface area contributed by atoms with Crippen LogP contribution in [0.3, 0.4) is 0 Å². The van der Waals surface area contributed by atoms with Gasteiger partial charge in [0.05, 0.1) is 7.14 Å². The van der Waals surface area contributed by atoms with Crippen LogP contribution in [-0.2, 0) is 4.57 Å². The molecule has 0 spiro atoms. The van der Waals surface area contributed by atoms with Crippen LogP contribution in [0, 0.1) is 22.2 Å². The standard InChI is InChI=1S/C17H31OP/c1-14(2)11-19(18,16(14,5)6)13-10-12-8-9-17(13,7)15(12,3)4/h12-13H,8-11H2,1-7H3/t12-,13+,17+,19-/m0/s1. The predicted molar refractivity (Wildman–Crippen MR) is 83.4 cm³/mol. The topological polar surface area (TPSA) is 17.1 Å². The summed E-state index contributed by atoms with van der Waals surface area (Å²) >= 11 is 0. The molecule has 2 bridgehead atoms. The van der Waals surface area contributed by atoms with E-state index < -0.39 is 7.14 Å². The van der Waals surface area contributed by atoms with Gasteiger partial charge in [-0.25, -0.2) is 0 Å². The van der Waals surface area contributed by atoms with E-state index in [-0.39, 0.29) is 10.6 Å². The summed E-state index contributed by atoms with van der Waals surface area (Å²) < 4.78 is 13.8. The minimum Gasteiger partial charge on any atom is -0.323 e. The number of hydrogen-bond donors (Lipinski definition) is 0. The third-order valence-corrected chi connectivity index (χ3v) is 14.0. The maximum Gasteiger partial charge on any atom is 0.0976 e. The predicted octanol–water partition coefficient (Wildman–Crippen LogP) is 5.38. The van der Waals surface area contributed by atoms with E-state index in [1.165, 1.54) is 19.3 Å². The third-order valence-electron chi connectivity index (χ3n) is 8.48. The Kier molecular flexibility index (Phi) is 2.50. The van der Waals surface area contributed by atoms with Crippen LogP contribution >= 0.6 is 7.14 Å². The molecule has 1 aliphatic heterocycles. The molecule has 2 heteroatoms. The van der Waals surface area contributed by atoms with E-state index in [2.05, 4.69) is 48.5 Å². The fourth-order valence-electron chi connectivity index (χ4n) is 5.69. The molecule has 3 aliphatic rings. The van der Waals surface area contributed by atoms with E-state index in [1.807, 2.05) is 0 Å². The second-order valence-electron chi connectivity index (χ2n) is 9.52. The molecule has 2 saturated carbocycles. The summed E-state index contributed by atoms with van der Waals surface area (Å²) in [4.78, 5) is 0. The van der Waals surface area contributed by atoms with Crippen molar-refractivity contribution in [1.29, 1.82) is 0 Å². The fraction of sp³-hybridized carbons (Fsp3) is 1.00. The molecule has 0 aromatic heterocycles. The molecule has 0 aromatic carbocycles. The number of rotatable bonds is 1. The molecule has 1 heterocycles. The Morgan fingerprint density at radius 2 is 1.58 bits per heavy atom. The zero-order valence-electron chi connectivity index (χ0n) is 13.8. The van der Waals surface area contributed by atoms with Gasteiger partial charge in [0.15, 0.2) is 0 Å². The summed E-state index contributed by atoms with van der Waals surface area (Å²) in [5, 5.41) is 0.0359. The van der Waals surface area contributed by atoms with Crippen molar-refractivity contribution in [2.24, 2.45) is 22.2 Å². The molecule has 4 atom stereocenters. The highest BCUT2D eigenvalue weighted by atomic mass is 31.2. The van der Waals surface area contributed by atoms with Gasteiger partial charge in [-0.2, -0.15) is 0 Å². The van der Waals surface area contributed by atoms with Crippen molar-refractivity contribution < 1.29 is 4.57 Å². The number of hydrogen-bond acceptors (Lipinski definition) is 1. The van der Waals surface area contributed by atoms with Gasteiger partial charge in [-0.15, -0.1) is 0 Å². The van der Waals surface area contributed by atoms with Crippen molar-refractivity contribution in [2.75, 3.05) is 6.16 Å². The van der Waals surface area contributed by atoms with Gasteiger partial charge >= 0.3 is 0 Å². The van der Waals surface area contributed by atoms with Crippen LogP contribution in [0.15, 0.2) is 0 Å². The largest absolute Gasteiger partial charge is 0.323 e. The Hall–Kier alpha value is 0.230. The van der Waals surface area contributed by atoms with Crippen molar-refractivity contribution in [1.82, 2.24) is 0 Å². The first-order valence-electron chi connectivity index (χ1n) is 7.99. The summed E-state index contributed by atoms with van der Waals surface area (Å²) in [6, 6.07) is 0. The normalized spacial score (nSPS) is 53.0. The molecule has 19 heavy (non-hydrogen) atoms. The first-order valence-corrected chi connectivity index (χ1v) is 9.95. The van der Waals surface area contributed by atoms with E-state index >= 15 is 0 Å². The highest BCUT2D eigenvalue weighted by Gasteiger charge is 2.73. The Labute approximate surface area is 119 Å². The van der Waals surface area contributed by atoms with Crippen LogP contribution < -0.4 is 0 Å². The highest BCUT2D eigenvalue weighted by molar-refractivity contribution is 7.68. The van der Waals surface area contributed by atoms with Gasteiger partial charge in [0.1, 0.15) is 0 Å². The van der Waals surface area contributed by atoms with Crippen LogP contribution in [-0.4, -0.2) is 17.0 Å². The Bertz CT molecular complexity index is 474. The van der Waals surface area contributed by atoms with Crippen molar-refractivity contribution >= 4 is 7.14 Å².